The molecule has 0 aliphatic rings. The Morgan fingerprint density at radius 1 is 1.39 bits per heavy atom. The third-order valence-corrected chi connectivity index (χ3v) is 2.17. The summed E-state index contributed by atoms with van der Waals surface area (Å²) in [6.45, 7) is 5.88. The van der Waals surface area contributed by atoms with Crippen LogP contribution in [0, 0.1) is 12.3 Å². The second-order valence-corrected chi connectivity index (χ2v) is 5.05. The van der Waals surface area contributed by atoms with Gasteiger partial charge in [0.25, 0.3) is 5.91 Å². The quantitative estimate of drug-likeness (QED) is 0.827. The molecule has 0 aromatic heterocycles. The molecule has 0 fully saturated rings. The molecule has 0 bridgehead atoms. The van der Waals surface area contributed by atoms with Gasteiger partial charge >= 0.3 is 0 Å². The van der Waals surface area contributed by atoms with E-state index in [1.807, 2.05) is 51.1 Å². The van der Waals surface area contributed by atoms with Gasteiger partial charge in [0.15, 0.2) is 6.10 Å². The Kier molecular flexibility index (Phi) is 4.94. The molecule has 1 N–H and O–H groups in total. The lowest BCUT2D eigenvalue weighted by Crippen LogP contribution is -2.43. The number of terminal acetylenes is 1. The van der Waals surface area contributed by atoms with Crippen molar-refractivity contribution in [2.24, 2.45) is 0 Å². The molecule has 1 aromatic rings. The summed E-state index contributed by atoms with van der Waals surface area (Å²) in [6.07, 6.45) is 4.51. The summed E-state index contributed by atoms with van der Waals surface area (Å²) in [5, 5.41) is 2.89. The van der Waals surface area contributed by atoms with Crippen LogP contribution in [0.4, 0.5) is 0 Å². The van der Waals surface area contributed by atoms with E-state index in [4.69, 9.17) is 11.2 Å². The number of carbonyl (C=O) groups excluding carboxylic acids is 1. The van der Waals surface area contributed by atoms with E-state index >= 15 is 0 Å². The standard InChI is InChI=1S/C15H19NO2/c1-5-11-18-13(12-9-7-6-8-10-12)14(17)16-15(2,3)4/h1,6-10,13H,11H2,2-4H3,(H,16,17). The van der Waals surface area contributed by atoms with Crippen molar-refractivity contribution in [1.29, 1.82) is 0 Å². The molecule has 1 unspecified atom stereocenters. The predicted molar refractivity (Wildman–Crippen MR) is 71.9 cm³/mol. The Labute approximate surface area is 109 Å². The monoisotopic (exact) mass is 245 g/mol. The zero-order valence-corrected chi connectivity index (χ0v) is 11.1. The molecule has 0 heterocycles. The number of nitrogens with one attached hydrogen (secondary N) is 1. The number of amides is 1. The maximum absolute atomic E-state index is 12.2. The van der Waals surface area contributed by atoms with Gasteiger partial charge in [0.05, 0.1) is 0 Å². The first-order valence-electron chi connectivity index (χ1n) is 5.86. The van der Waals surface area contributed by atoms with Gasteiger partial charge in [0.1, 0.15) is 6.61 Å². The Morgan fingerprint density at radius 2 is 2.00 bits per heavy atom. The van der Waals surface area contributed by atoms with Crippen LogP contribution in [0.1, 0.15) is 32.4 Å². The van der Waals surface area contributed by atoms with Crippen LogP contribution in [-0.2, 0) is 9.53 Å². The van der Waals surface area contributed by atoms with Gasteiger partial charge in [-0.25, -0.2) is 0 Å². The summed E-state index contributed by atoms with van der Waals surface area (Å²) in [5.74, 6) is 2.21. The van der Waals surface area contributed by atoms with Crippen molar-refractivity contribution in [3.8, 4) is 12.3 Å². The SMILES string of the molecule is C#CCOC(C(=O)NC(C)(C)C)c1ccccc1. The van der Waals surface area contributed by atoms with Gasteiger partial charge in [-0.15, -0.1) is 6.42 Å². The lowest BCUT2D eigenvalue weighted by atomic mass is 10.1. The first-order valence-corrected chi connectivity index (χ1v) is 5.86. The molecule has 0 saturated carbocycles. The van der Waals surface area contributed by atoms with Gasteiger partial charge < -0.3 is 10.1 Å². The van der Waals surface area contributed by atoms with Crippen LogP contribution in [0.15, 0.2) is 30.3 Å². The zero-order valence-electron chi connectivity index (χ0n) is 11.1. The molecular weight excluding hydrogens is 226 g/mol. The summed E-state index contributed by atoms with van der Waals surface area (Å²) in [4.78, 5) is 12.2. The summed E-state index contributed by atoms with van der Waals surface area (Å²) in [7, 11) is 0. The van der Waals surface area contributed by atoms with Gasteiger partial charge in [-0.05, 0) is 26.3 Å². The molecule has 18 heavy (non-hydrogen) atoms. The van der Waals surface area contributed by atoms with Crippen molar-refractivity contribution in [3.05, 3.63) is 35.9 Å². The minimum Gasteiger partial charge on any atom is -0.351 e. The molecule has 0 radical (unpaired) electrons. The Balaban J connectivity index is 2.86. The molecule has 1 amide bonds. The number of benzene rings is 1. The Bertz CT molecular complexity index is 426. The van der Waals surface area contributed by atoms with Crippen LogP contribution < -0.4 is 5.32 Å². The number of hydrogen-bond donors (Lipinski definition) is 1. The van der Waals surface area contributed by atoms with Crippen molar-refractivity contribution >= 4 is 5.91 Å². The van der Waals surface area contributed by atoms with Crippen molar-refractivity contribution in [1.82, 2.24) is 5.32 Å². The fourth-order valence-electron chi connectivity index (χ4n) is 1.52. The molecule has 1 rings (SSSR count). The molecule has 1 atom stereocenters. The van der Waals surface area contributed by atoms with Gasteiger partial charge in [0, 0.05) is 5.54 Å². The molecule has 0 spiro atoms. The molecule has 3 nitrogen and oxygen atoms in total. The first kappa shape index (κ1) is 14.3. The molecule has 0 aliphatic heterocycles. The summed E-state index contributed by atoms with van der Waals surface area (Å²) in [6, 6.07) is 9.33. The zero-order chi connectivity index (χ0) is 13.6. The molecular formula is C15H19NO2. The molecule has 3 heteroatoms. The van der Waals surface area contributed by atoms with Gasteiger partial charge in [0.2, 0.25) is 0 Å². The van der Waals surface area contributed by atoms with Crippen molar-refractivity contribution in [2.45, 2.75) is 32.4 Å². The van der Waals surface area contributed by atoms with Crippen LogP contribution in [-0.4, -0.2) is 18.1 Å². The van der Waals surface area contributed by atoms with Crippen molar-refractivity contribution < 1.29 is 9.53 Å². The number of carbonyl (C=O) groups is 1. The highest BCUT2D eigenvalue weighted by molar-refractivity contribution is 5.82. The molecule has 0 aliphatic carbocycles. The van der Waals surface area contributed by atoms with E-state index in [1.165, 1.54) is 0 Å². The fourth-order valence-corrected chi connectivity index (χ4v) is 1.52. The van der Waals surface area contributed by atoms with Crippen molar-refractivity contribution in [3.63, 3.8) is 0 Å². The summed E-state index contributed by atoms with van der Waals surface area (Å²) in [5.41, 5.74) is 0.498. The minimum absolute atomic E-state index is 0.108. The molecule has 0 saturated heterocycles. The predicted octanol–water partition coefficient (Wildman–Crippen LogP) is 2.29. The lowest BCUT2D eigenvalue weighted by Gasteiger charge is -2.24. The van der Waals surface area contributed by atoms with Crippen LogP contribution >= 0.6 is 0 Å². The second-order valence-electron chi connectivity index (χ2n) is 5.05. The first-order chi connectivity index (χ1) is 8.44. The van der Waals surface area contributed by atoms with E-state index in [9.17, 15) is 4.79 Å². The smallest absolute Gasteiger partial charge is 0.254 e. The summed E-state index contributed by atoms with van der Waals surface area (Å²) < 4.78 is 5.44. The highest BCUT2D eigenvalue weighted by atomic mass is 16.5. The third-order valence-electron chi connectivity index (χ3n) is 2.17. The topological polar surface area (TPSA) is 38.3 Å². The van der Waals surface area contributed by atoms with E-state index in [0.29, 0.717) is 0 Å². The average Bonchev–Trinajstić information content (AvgIpc) is 2.28. The van der Waals surface area contributed by atoms with E-state index in [2.05, 4.69) is 11.2 Å². The van der Waals surface area contributed by atoms with Gasteiger partial charge in [-0.1, -0.05) is 36.3 Å². The number of ether oxygens (including phenoxy) is 1. The van der Waals surface area contributed by atoms with E-state index in [-0.39, 0.29) is 18.1 Å². The Morgan fingerprint density at radius 3 is 2.50 bits per heavy atom. The second kappa shape index (κ2) is 6.23. The maximum Gasteiger partial charge on any atom is 0.254 e. The largest absolute Gasteiger partial charge is 0.351 e. The van der Waals surface area contributed by atoms with E-state index < -0.39 is 6.10 Å². The van der Waals surface area contributed by atoms with Gasteiger partial charge in [-0.3, -0.25) is 4.79 Å². The van der Waals surface area contributed by atoms with Crippen LogP contribution in [0.2, 0.25) is 0 Å². The van der Waals surface area contributed by atoms with Crippen LogP contribution in [0.3, 0.4) is 0 Å². The van der Waals surface area contributed by atoms with E-state index in [0.717, 1.165) is 5.56 Å². The average molecular weight is 245 g/mol. The van der Waals surface area contributed by atoms with Crippen LogP contribution in [0.5, 0.6) is 0 Å². The minimum atomic E-state index is -0.665. The number of rotatable bonds is 4. The normalized spacial score (nSPS) is 12.6. The van der Waals surface area contributed by atoms with Crippen molar-refractivity contribution in [2.75, 3.05) is 6.61 Å². The van der Waals surface area contributed by atoms with E-state index in [1.54, 1.807) is 0 Å². The number of hydrogen-bond acceptors (Lipinski definition) is 2. The lowest BCUT2D eigenvalue weighted by molar-refractivity contribution is -0.133. The summed E-state index contributed by atoms with van der Waals surface area (Å²) >= 11 is 0. The molecule has 96 valence electrons. The third kappa shape index (κ3) is 4.60. The molecule has 1 aromatic carbocycles. The van der Waals surface area contributed by atoms with Gasteiger partial charge in [-0.2, -0.15) is 0 Å². The maximum atomic E-state index is 12.2. The fraction of sp³-hybridized carbons (Fsp3) is 0.400. The van der Waals surface area contributed by atoms with Crippen LogP contribution in [0.25, 0.3) is 0 Å². The Hall–Kier alpha value is -1.79. The highest BCUT2D eigenvalue weighted by Gasteiger charge is 2.24. The highest BCUT2D eigenvalue weighted by Crippen LogP contribution is 2.18.